The molecule has 0 aromatic rings. The van der Waals surface area contributed by atoms with E-state index in [0.717, 1.165) is 12.8 Å². The summed E-state index contributed by atoms with van der Waals surface area (Å²) in [6.45, 7) is 6.71. The van der Waals surface area contributed by atoms with Gasteiger partial charge < -0.3 is 29.2 Å². The summed E-state index contributed by atoms with van der Waals surface area (Å²) < 4.78 is 21.6. The quantitative estimate of drug-likeness (QED) is 0.703. The molecule has 0 aromatic carbocycles. The zero-order chi connectivity index (χ0) is 17.9. The van der Waals surface area contributed by atoms with Crippen molar-refractivity contribution in [2.75, 3.05) is 46.2 Å². The van der Waals surface area contributed by atoms with Crippen LogP contribution in [0.25, 0.3) is 0 Å². The molecule has 1 N–H and O–H groups in total. The van der Waals surface area contributed by atoms with Gasteiger partial charge in [-0.2, -0.15) is 0 Å². The Morgan fingerprint density at radius 3 is 2.12 bits per heavy atom. The molecule has 8 heteroatoms. The zero-order valence-corrected chi connectivity index (χ0v) is 15.0. The van der Waals surface area contributed by atoms with Gasteiger partial charge in [0.2, 0.25) is 0 Å². The van der Waals surface area contributed by atoms with Crippen LogP contribution in [-0.2, 0) is 28.5 Å². The number of hydrogen-bond donors (Lipinski definition) is 1. The Balaban J connectivity index is 1.58. The standard InChI is InChI=1S/C17H28N2O6/c1-17(2,18-15(20)13-9-22-5-7-24-13)11-19(12-3-4-12)16(21)14-10-23-6-8-25-14/h12-14H,3-11H2,1-2H3,(H,18,20). The Hall–Kier alpha value is -1.22. The van der Waals surface area contributed by atoms with Crippen molar-refractivity contribution in [1.82, 2.24) is 10.2 Å². The van der Waals surface area contributed by atoms with Gasteiger partial charge in [-0.3, -0.25) is 9.59 Å². The molecule has 2 aliphatic heterocycles. The van der Waals surface area contributed by atoms with Crippen molar-refractivity contribution in [2.45, 2.75) is 50.5 Å². The molecule has 8 nitrogen and oxygen atoms in total. The molecule has 0 aromatic heterocycles. The minimum Gasteiger partial charge on any atom is -0.376 e. The van der Waals surface area contributed by atoms with E-state index in [9.17, 15) is 9.59 Å². The highest BCUT2D eigenvalue weighted by Crippen LogP contribution is 2.29. The molecule has 2 heterocycles. The molecule has 25 heavy (non-hydrogen) atoms. The maximum atomic E-state index is 12.8. The number of rotatable bonds is 6. The van der Waals surface area contributed by atoms with E-state index < -0.39 is 17.7 Å². The molecular weight excluding hydrogens is 328 g/mol. The molecule has 1 aliphatic carbocycles. The monoisotopic (exact) mass is 356 g/mol. The summed E-state index contributed by atoms with van der Waals surface area (Å²) >= 11 is 0. The summed E-state index contributed by atoms with van der Waals surface area (Å²) in [7, 11) is 0. The summed E-state index contributed by atoms with van der Waals surface area (Å²) in [4.78, 5) is 27.0. The number of carbonyl (C=O) groups is 2. The lowest BCUT2D eigenvalue weighted by molar-refractivity contribution is -0.160. The number of carbonyl (C=O) groups excluding carboxylic acids is 2. The molecule has 142 valence electrons. The zero-order valence-electron chi connectivity index (χ0n) is 15.0. The fourth-order valence-electron chi connectivity index (χ4n) is 3.11. The van der Waals surface area contributed by atoms with Crippen molar-refractivity contribution in [3.8, 4) is 0 Å². The van der Waals surface area contributed by atoms with Crippen LogP contribution in [0.2, 0.25) is 0 Å². The Morgan fingerprint density at radius 2 is 1.60 bits per heavy atom. The largest absolute Gasteiger partial charge is 0.376 e. The minimum atomic E-state index is -0.590. The lowest BCUT2D eigenvalue weighted by atomic mass is 10.0. The summed E-state index contributed by atoms with van der Waals surface area (Å²) in [5, 5.41) is 2.99. The third kappa shape index (κ3) is 5.13. The average Bonchev–Trinajstić information content (AvgIpc) is 3.45. The van der Waals surface area contributed by atoms with Gasteiger partial charge in [-0.1, -0.05) is 0 Å². The molecule has 3 rings (SSSR count). The molecule has 0 spiro atoms. The minimum absolute atomic E-state index is 0.0539. The van der Waals surface area contributed by atoms with Crippen LogP contribution < -0.4 is 5.32 Å². The first kappa shape index (κ1) is 18.6. The van der Waals surface area contributed by atoms with E-state index in [1.807, 2.05) is 18.7 Å². The van der Waals surface area contributed by atoms with Gasteiger partial charge in [0.25, 0.3) is 11.8 Å². The summed E-state index contributed by atoms with van der Waals surface area (Å²) in [5.41, 5.74) is -0.578. The molecule has 2 atom stereocenters. The Kier molecular flexibility index (Phi) is 5.93. The highest BCUT2D eigenvalue weighted by Gasteiger charge is 2.40. The Bertz CT molecular complexity index is 482. The van der Waals surface area contributed by atoms with Crippen molar-refractivity contribution in [2.24, 2.45) is 0 Å². The van der Waals surface area contributed by atoms with Crippen LogP contribution in [0.4, 0.5) is 0 Å². The van der Waals surface area contributed by atoms with Gasteiger partial charge in [-0.15, -0.1) is 0 Å². The fraction of sp³-hybridized carbons (Fsp3) is 0.882. The number of amides is 2. The third-order valence-corrected chi connectivity index (χ3v) is 4.50. The van der Waals surface area contributed by atoms with Crippen molar-refractivity contribution < 1.29 is 28.5 Å². The van der Waals surface area contributed by atoms with Crippen LogP contribution in [0.3, 0.4) is 0 Å². The Labute approximate surface area is 148 Å². The predicted octanol–water partition coefficient (Wildman–Crippen LogP) is -0.297. The number of ether oxygens (including phenoxy) is 4. The first-order valence-electron chi connectivity index (χ1n) is 8.97. The number of hydrogen-bond acceptors (Lipinski definition) is 6. The Morgan fingerprint density at radius 1 is 1.00 bits per heavy atom. The van der Waals surface area contributed by atoms with E-state index >= 15 is 0 Å². The van der Waals surface area contributed by atoms with Crippen LogP contribution in [0.5, 0.6) is 0 Å². The van der Waals surface area contributed by atoms with Crippen molar-refractivity contribution >= 4 is 11.8 Å². The molecular formula is C17H28N2O6. The highest BCUT2D eigenvalue weighted by molar-refractivity contribution is 5.83. The molecule has 1 saturated carbocycles. The average molecular weight is 356 g/mol. The van der Waals surface area contributed by atoms with Crippen LogP contribution in [0.15, 0.2) is 0 Å². The van der Waals surface area contributed by atoms with Gasteiger partial charge in [0.15, 0.2) is 12.2 Å². The van der Waals surface area contributed by atoms with Gasteiger partial charge in [0.1, 0.15) is 0 Å². The third-order valence-electron chi connectivity index (χ3n) is 4.50. The van der Waals surface area contributed by atoms with Gasteiger partial charge in [0.05, 0.1) is 45.2 Å². The van der Waals surface area contributed by atoms with Crippen molar-refractivity contribution in [1.29, 1.82) is 0 Å². The van der Waals surface area contributed by atoms with Gasteiger partial charge >= 0.3 is 0 Å². The van der Waals surface area contributed by atoms with Crippen molar-refractivity contribution in [3.63, 3.8) is 0 Å². The van der Waals surface area contributed by atoms with E-state index in [2.05, 4.69) is 5.32 Å². The second-order valence-electron chi connectivity index (χ2n) is 7.44. The van der Waals surface area contributed by atoms with E-state index in [1.54, 1.807) is 0 Å². The van der Waals surface area contributed by atoms with E-state index in [1.165, 1.54) is 0 Å². The first-order chi connectivity index (χ1) is 12.0. The molecule has 0 bridgehead atoms. The maximum absolute atomic E-state index is 12.8. The summed E-state index contributed by atoms with van der Waals surface area (Å²) in [5.74, 6) is -0.257. The van der Waals surface area contributed by atoms with Gasteiger partial charge in [0, 0.05) is 12.6 Å². The molecule has 3 aliphatic rings. The maximum Gasteiger partial charge on any atom is 0.254 e. The summed E-state index contributed by atoms with van der Waals surface area (Å²) in [6, 6.07) is 0.225. The topological polar surface area (TPSA) is 86.3 Å². The second-order valence-corrected chi connectivity index (χ2v) is 7.44. The first-order valence-corrected chi connectivity index (χ1v) is 8.97. The molecule has 0 radical (unpaired) electrons. The smallest absolute Gasteiger partial charge is 0.254 e. The number of nitrogens with zero attached hydrogens (tertiary/aromatic N) is 1. The highest BCUT2D eigenvalue weighted by atomic mass is 16.6. The number of nitrogens with one attached hydrogen (secondary N) is 1. The van der Waals surface area contributed by atoms with E-state index in [-0.39, 0.29) is 24.5 Å². The molecule has 2 saturated heterocycles. The molecule has 3 fully saturated rings. The second kappa shape index (κ2) is 7.99. The van der Waals surface area contributed by atoms with Crippen LogP contribution in [0, 0.1) is 0 Å². The normalized spacial score (nSPS) is 27.6. The molecule has 2 unspecified atom stereocenters. The van der Waals surface area contributed by atoms with Crippen LogP contribution >= 0.6 is 0 Å². The molecule has 2 amide bonds. The van der Waals surface area contributed by atoms with E-state index in [4.69, 9.17) is 18.9 Å². The van der Waals surface area contributed by atoms with Gasteiger partial charge in [-0.25, -0.2) is 0 Å². The lowest BCUT2D eigenvalue weighted by Crippen LogP contribution is -2.58. The van der Waals surface area contributed by atoms with Crippen LogP contribution in [-0.4, -0.2) is 86.7 Å². The predicted molar refractivity (Wildman–Crippen MR) is 88.1 cm³/mol. The van der Waals surface area contributed by atoms with Crippen molar-refractivity contribution in [3.05, 3.63) is 0 Å². The lowest BCUT2D eigenvalue weighted by Gasteiger charge is -2.37. The van der Waals surface area contributed by atoms with E-state index in [0.29, 0.717) is 39.6 Å². The fourth-order valence-corrected chi connectivity index (χ4v) is 3.11. The summed E-state index contributed by atoms with van der Waals surface area (Å²) in [6.07, 6.45) is 0.843. The van der Waals surface area contributed by atoms with Gasteiger partial charge in [-0.05, 0) is 26.7 Å². The van der Waals surface area contributed by atoms with Crippen LogP contribution in [0.1, 0.15) is 26.7 Å². The SMILES string of the molecule is CC(C)(CN(C(=O)C1COCCO1)C1CC1)NC(=O)C1COCCO1.